The lowest BCUT2D eigenvalue weighted by atomic mass is 10.1. The van der Waals surface area contributed by atoms with Crippen molar-refractivity contribution in [3.05, 3.63) is 53.3 Å². The molecule has 0 unspecified atom stereocenters. The number of benzene rings is 1. The van der Waals surface area contributed by atoms with Gasteiger partial charge in [0.25, 0.3) is 10.0 Å². The standard InChI is InChI=1S/C16H13F3N2O3S2/c1-9-5-10(2)7-11(6-9)21-26(22,23)15-4-3-13(25-15)12-8-14(24-20-12)16(17,18)19/h3-8,21H,1-2H3. The summed E-state index contributed by atoms with van der Waals surface area (Å²) in [4.78, 5) is 0.255. The van der Waals surface area contributed by atoms with E-state index in [2.05, 4.69) is 14.4 Å². The molecule has 0 saturated carbocycles. The Morgan fingerprint density at radius 2 is 1.73 bits per heavy atom. The maximum Gasteiger partial charge on any atom is 0.452 e. The molecule has 0 aliphatic carbocycles. The SMILES string of the molecule is Cc1cc(C)cc(NS(=O)(=O)c2ccc(-c3cc(C(F)(F)F)on3)s2)c1. The first-order valence-corrected chi connectivity index (χ1v) is 9.60. The molecule has 0 amide bonds. The highest BCUT2D eigenvalue weighted by molar-refractivity contribution is 7.94. The number of hydrogen-bond donors (Lipinski definition) is 1. The number of nitrogens with zero attached hydrogens (tertiary/aromatic N) is 1. The zero-order valence-corrected chi connectivity index (χ0v) is 15.2. The summed E-state index contributed by atoms with van der Waals surface area (Å²) in [6, 6.07) is 8.72. The van der Waals surface area contributed by atoms with E-state index in [9.17, 15) is 21.6 Å². The van der Waals surface area contributed by atoms with Crippen LogP contribution in [0.15, 0.2) is 45.1 Å². The number of rotatable bonds is 4. The lowest BCUT2D eigenvalue weighted by molar-refractivity contribution is -0.155. The van der Waals surface area contributed by atoms with Crippen molar-refractivity contribution in [3.8, 4) is 10.6 Å². The summed E-state index contributed by atoms with van der Waals surface area (Å²) in [6.07, 6.45) is -4.65. The molecule has 0 atom stereocenters. The molecular weight excluding hydrogens is 389 g/mol. The molecule has 3 aromatic rings. The number of anilines is 1. The quantitative estimate of drug-likeness (QED) is 0.678. The molecule has 2 heterocycles. The highest BCUT2D eigenvalue weighted by atomic mass is 32.2. The van der Waals surface area contributed by atoms with E-state index in [1.165, 1.54) is 12.1 Å². The number of sulfonamides is 1. The van der Waals surface area contributed by atoms with Crippen molar-refractivity contribution in [2.75, 3.05) is 4.72 Å². The normalized spacial score (nSPS) is 12.3. The smallest absolute Gasteiger partial charge is 0.351 e. The van der Waals surface area contributed by atoms with Crippen LogP contribution in [0.5, 0.6) is 0 Å². The predicted octanol–water partition coefficient (Wildman–Crippen LogP) is 4.84. The highest BCUT2D eigenvalue weighted by Gasteiger charge is 2.36. The molecular formula is C16H13F3N2O3S2. The van der Waals surface area contributed by atoms with Gasteiger partial charge in [-0.25, -0.2) is 8.42 Å². The molecule has 0 radical (unpaired) electrons. The third kappa shape index (κ3) is 3.91. The molecule has 1 aromatic carbocycles. The number of hydrogen-bond acceptors (Lipinski definition) is 5. The highest BCUT2D eigenvalue weighted by Crippen LogP contribution is 2.35. The molecule has 0 saturated heterocycles. The van der Waals surface area contributed by atoms with Crippen LogP contribution < -0.4 is 4.72 Å². The molecule has 0 spiro atoms. The fourth-order valence-corrected chi connectivity index (χ4v) is 4.67. The van der Waals surface area contributed by atoms with E-state index in [1.54, 1.807) is 12.1 Å². The summed E-state index contributed by atoms with van der Waals surface area (Å²) >= 11 is 0.804. The molecule has 3 rings (SSSR count). The van der Waals surface area contributed by atoms with Crippen molar-refractivity contribution in [1.82, 2.24) is 5.16 Å². The zero-order valence-electron chi connectivity index (χ0n) is 13.6. The van der Waals surface area contributed by atoms with Gasteiger partial charge in [0.1, 0.15) is 9.90 Å². The van der Waals surface area contributed by atoms with Gasteiger partial charge in [0.2, 0.25) is 5.76 Å². The van der Waals surface area contributed by atoms with E-state index in [4.69, 9.17) is 0 Å². The predicted molar refractivity (Wildman–Crippen MR) is 91.5 cm³/mol. The lowest BCUT2D eigenvalue weighted by Crippen LogP contribution is -2.11. The van der Waals surface area contributed by atoms with Gasteiger partial charge in [0, 0.05) is 11.8 Å². The summed E-state index contributed by atoms with van der Waals surface area (Å²) in [6.45, 7) is 3.69. The summed E-state index contributed by atoms with van der Waals surface area (Å²) in [5.74, 6) is -1.24. The van der Waals surface area contributed by atoms with Crippen LogP contribution >= 0.6 is 11.3 Å². The maximum atomic E-state index is 12.6. The van der Waals surface area contributed by atoms with Gasteiger partial charge in [-0.1, -0.05) is 11.2 Å². The number of thiophene rings is 1. The van der Waals surface area contributed by atoms with Crippen LogP contribution in [-0.4, -0.2) is 13.6 Å². The van der Waals surface area contributed by atoms with Gasteiger partial charge >= 0.3 is 6.18 Å². The van der Waals surface area contributed by atoms with E-state index in [0.717, 1.165) is 28.5 Å². The Morgan fingerprint density at radius 3 is 2.31 bits per heavy atom. The maximum absolute atomic E-state index is 12.6. The van der Waals surface area contributed by atoms with E-state index < -0.39 is 22.0 Å². The first-order valence-electron chi connectivity index (χ1n) is 7.30. The number of alkyl halides is 3. The molecule has 5 nitrogen and oxygen atoms in total. The van der Waals surface area contributed by atoms with E-state index in [0.29, 0.717) is 5.69 Å². The Morgan fingerprint density at radius 1 is 1.08 bits per heavy atom. The number of nitrogens with one attached hydrogen (secondary N) is 1. The second-order valence-corrected chi connectivity index (χ2v) is 8.67. The van der Waals surface area contributed by atoms with Crippen LogP contribution in [0.3, 0.4) is 0 Å². The second-order valence-electron chi connectivity index (χ2n) is 5.67. The number of halogens is 3. The monoisotopic (exact) mass is 402 g/mol. The largest absolute Gasteiger partial charge is 0.452 e. The third-order valence-corrected chi connectivity index (χ3v) is 6.34. The molecule has 1 N–H and O–H groups in total. The minimum absolute atomic E-state index is 0.0387. The number of aromatic nitrogens is 1. The van der Waals surface area contributed by atoms with Crippen molar-refractivity contribution in [1.29, 1.82) is 0 Å². The van der Waals surface area contributed by atoms with Gasteiger partial charge in [-0.05, 0) is 49.2 Å². The summed E-state index contributed by atoms with van der Waals surface area (Å²) in [7, 11) is -3.87. The Labute approximate surface area is 151 Å². The van der Waals surface area contributed by atoms with E-state index >= 15 is 0 Å². The van der Waals surface area contributed by atoms with Crippen molar-refractivity contribution >= 4 is 27.0 Å². The Hall–Kier alpha value is -2.33. The zero-order chi connectivity index (χ0) is 19.1. The molecule has 0 bridgehead atoms. The van der Waals surface area contributed by atoms with E-state index in [-0.39, 0.29) is 14.8 Å². The first kappa shape index (κ1) is 18.5. The molecule has 2 aromatic heterocycles. The summed E-state index contributed by atoms with van der Waals surface area (Å²) < 4.78 is 69.5. The molecule has 138 valence electrons. The van der Waals surface area contributed by atoms with Gasteiger partial charge in [-0.3, -0.25) is 4.72 Å². The Balaban J connectivity index is 1.87. The molecule has 10 heteroatoms. The molecule has 0 aliphatic rings. The first-order chi connectivity index (χ1) is 12.0. The third-order valence-electron chi connectivity index (χ3n) is 3.36. The van der Waals surface area contributed by atoms with Crippen molar-refractivity contribution in [3.63, 3.8) is 0 Å². The topological polar surface area (TPSA) is 72.2 Å². The van der Waals surface area contributed by atoms with Gasteiger partial charge in [-0.15, -0.1) is 11.3 Å². The van der Waals surface area contributed by atoms with Crippen LogP contribution in [0, 0.1) is 13.8 Å². The Bertz CT molecular complexity index is 1030. The van der Waals surface area contributed by atoms with Crippen molar-refractivity contribution < 1.29 is 26.1 Å². The summed E-state index contributed by atoms with van der Waals surface area (Å²) in [5, 5.41) is 3.36. The van der Waals surface area contributed by atoms with Crippen molar-refractivity contribution in [2.45, 2.75) is 24.2 Å². The van der Waals surface area contributed by atoms with Gasteiger partial charge < -0.3 is 4.52 Å². The fraction of sp³-hybridized carbons (Fsp3) is 0.188. The van der Waals surface area contributed by atoms with E-state index in [1.807, 2.05) is 19.9 Å². The van der Waals surface area contributed by atoms with Crippen LogP contribution in [0.1, 0.15) is 16.9 Å². The van der Waals surface area contributed by atoms with Gasteiger partial charge in [0.05, 0.1) is 4.88 Å². The average molecular weight is 402 g/mol. The van der Waals surface area contributed by atoms with Gasteiger partial charge in [0.15, 0.2) is 0 Å². The van der Waals surface area contributed by atoms with Crippen LogP contribution in [0.25, 0.3) is 10.6 Å². The van der Waals surface area contributed by atoms with Gasteiger partial charge in [-0.2, -0.15) is 13.2 Å². The van der Waals surface area contributed by atoms with Crippen LogP contribution in [-0.2, 0) is 16.2 Å². The minimum atomic E-state index is -4.65. The average Bonchev–Trinajstić information content (AvgIpc) is 3.14. The molecule has 0 aliphatic heterocycles. The minimum Gasteiger partial charge on any atom is -0.351 e. The Kier molecular flexibility index (Phi) is 4.57. The fourth-order valence-electron chi connectivity index (χ4n) is 2.37. The number of aryl methyl sites for hydroxylation is 2. The van der Waals surface area contributed by atoms with Crippen LogP contribution in [0.2, 0.25) is 0 Å². The molecule has 0 fully saturated rings. The van der Waals surface area contributed by atoms with Crippen LogP contribution in [0.4, 0.5) is 18.9 Å². The van der Waals surface area contributed by atoms with Crippen molar-refractivity contribution in [2.24, 2.45) is 0 Å². The second kappa shape index (κ2) is 6.44. The lowest BCUT2D eigenvalue weighted by Gasteiger charge is -2.08. The molecule has 26 heavy (non-hydrogen) atoms. The summed E-state index contributed by atoms with van der Waals surface area (Å²) in [5.41, 5.74) is 2.14.